The van der Waals surface area contributed by atoms with Crippen molar-refractivity contribution in [3.63, 3.8) is 0 Å². The minimum absolute atomic E-state index is 0.194. The second-order valence-corrected chi connectivity index (χ2v) is 3.52. The molecule has 1 rings (SSSR count). The normalized spacial score (nSPS) is 25.7. The first-order valence-corrected chi connectivity index (χ1v) is 4.92. The summed E-state index contributed by atoms with van der Waals surface area (Å²) in [5, 5.41) is 0. The first kappa shape index (κ1) is 11.3. The first-order chi connectivity index (χ1) is 6.67. The summed E-state index contributed by atoms with van der Waals surface area (Å²) in [5.74, 6) is -0.536. The van der Waals surface area contributed by atoms with Crippen LogP contribution in [0.25, 0.3) is 0 Å². The fourth-order valence-corrected chi connectivity index (χ4v) is 1.49. The van der Waals surface area contributed by atoms with E-state index in [1.807, 2.05) is 13.8 Å². The Labute approximate surface area is 83.6 Å². The Morgan fingerprint density at radius 1 is 1.50 bits per heavy atom. The zero-order valence-corrected chi connectivity index (χ0v) is 8.62. The number of carbonyl (C=O) groups excluding carboxylic acids is 2. The minimum atomic E-state index is -0.696. The highest BCUT2D eigenvalue weighted by atomic mass is 16.6. The van der Waals surface area contributed by atoms with Crippen LogP contribution in [0.4, 0.5) is 0 Å². The average molecular weight is 200 g/mol. The molecule has 0 aliphatic carbocycles. The maximum atomic E-state index is 11.0. The Hall–Kier alpha value is -0.740. The highest BCUT2D eigenvalue weighted by molar-refractivity contribution is 6.27. The van der Waals surface area contributed by atoms with Crippen molar-refractivity contribution < 1.29 is 19.1 Å². The maximum absolute atomic E-state index is 11.0. The number of hydrogen-bond acceptors (Lipinski definition) is 4. The Balaban J connectivity index is 2.52. The number of hydrogen-bond donors (Lipinski definition) is 0. The van der Waals surface area contributed by atoms with Gasteiger partial charge in [0.2, 0.25) is 5.78 Å². The summed E-state index contributed by atoms with van der Waals surface area (Å²) >= 11 is 0. The molecule has 0 bridgehead atoms. The Morgan fingerprint density at radius 2 is 2.14 bits per heavy atom. The molecule has 1 fully saturated rings. The average Bonchev–Trinajstić information content (AvgIpc) is 2.28. The van der Waals surface area contributed by atoms with Gasteiger partial charge >= 0.3 is 0 Å². The Kier molecular flexibility index (Phi) is 3.77. The van der Waals surface area contributed by atoms with Crippen LogP contribution in [-0.4, -0.2) is 37.0 Å². The molecule has 14 heavy (non-hydrogen) atoms. The highest BCUT2D eigenvalue weighted by Crippen LogP contribution is 2.25. The smallest absolute Gasteiger partial charge is 0.226 e. The van der Waals surface area contributed by atoms with E-state index in [0.29, 0.717) is 12.9 Å². The summed E-state index contributed by atoms with van der Waals surface area (Å²) in [4.78, 5) is 21.2. The van der Waals surface area contributed by atoms with E-state index in [1.54, 1.807) is 0 Å². The second-order valence-electron chi connectivity index (χ2n) is 3.52. The van der Waals surface area contributed by atoms with E-state index >= 15 is 0 Å². The molecule has 0 spiro atoms. The van der Waals surface area contributed by atoms with Crippen LogP contribution < -0.4 is 0 Å². The van der Waals surface area contributed by atoms with Crippen molar-refractivity contribution in [3.8, 4) is 0 Å². The van der Waals surface area contributed by atoms with Crippen molar-refractivity contribution >= 4 is 12.1 Å². The van der Waals surface area contributed by atoms with Crippen molar-refractivity contribution in [2.75, 3.05) is 13.2 Å². The number of carbonyl (C=O) groups is 2. The minimum Gasteiger partial charge on any atom is -0.369 e. The van der Waals surface area contributed by atoms with E-state index in [9.17, 15) is 9.59 Å². The van der Waals surface area contributed by atoms with Gasteiger partial charge in [-0.05, 0) is 12.8 Å². The third-order valence-corrected chi connectivity index (χ3v) is 2.81. The SMILES string of the molecule is CCC1(CC)COC(C(=O)C=O)CO1. The van der Waals surface area contributed by atoms with E-state index in [0.717, 1.165) is 12.8 Å². The second kappa shape index (κ2) is 4.66. The molecule has 0 aromatic heterocycles. The van der Waals surface area contributed by atoms with Gasteiger partial charge in [0.25, 0.3) is 0 Å². The molecule has 0 N–H and O–H groups in total. The van der Waals surface area contributed by atoms with Crippen molar-refractivity contribution in [3.05, 3.63) is 0 Å². The van der Waals surface area contributed by atoms with E-state index in [1.165, 1.54) is 0 Å². The zero-order valence-electron chi connectivity index (χ0n) is 8.62. The molecule has 1 unspecified atom stereocenters. The molecule has 0 aromatic carbocycles. The lowest BCUT2D eigenvalue weighted by atomic mass is 9.97. The van der Waals surface area contributed by atoms with Gasteiger partial charge in [0.05, 0.1) is 18.8 Å². The molecule has 0 saturated carbocycles. The molecule has 80 valence electrons. The predicted octanol–water partition coefficient (Wildman–Crippen LogP) is 0.729. The Morgan fingerprint density at radius 3 is 2.50 bits per heavy atom. The summed E-state index contributed by atoms with van der Waals surface area (Å²) < 4.78 is 10.9. The topological polar surface area (TPSA) is 52.6 Å². The van der Waals surface area contributed by atoms with Gasteiger partial charge in [-0.1, -0.05) is 13.8 Å². The van der Waals surface area contributed by atoms with Crippen LogP contribution in [0.2, 0.25) is 0 Å². The molecule has 1 aliphatic heterocycles. The van der Waals surface area contributed by atoms with Gasteiger partial charge in [0.15, 0.2) is 6.29 Å². The molecule has 0 aromatic rings. The Bertz CT molecular complexity index is 210. The first-order valence-electron chi connectivity index (χ1n) is 4.92. The fourth-order valence-electron chi connectivity index (χ4n) is 1.49. The maximum Gasteiger partial charge on any atom is 0.226 e. The molecule has 0 radical (unpaired) electrons. The lowest BCUT2D eigenvalue weighted by Crippen LogP contribution is -2.48. The molecule has 1 heterocycles. The van der Waals surface area contributed by atoms with Crippen LogP contribution >= 0.6 is 0 Å². The van der Waals surface area contributed by atoms with Gasteiger partial charge in [0.1, 0.15) is 6.10 Å². The summed E-state index contributed by atoms with van der Waals surface area (Å²) in [6.07, 6.45) is 1.30. The van der Waals surface area contributed by atoms with Crippen LogP contribution in [0, 0.1) is 0 Å². The van der Waals surface area contributed by atoms with Crippen molar-refractivity contribution in [1.29, 1.82) is 0 Å². The van der Waals surface area contributed by atoms with Gasteiger partial charge in [0, 0.05) is 0 Å². The number of rotatable bonds is 4. The molecule has 4 heteroatoms. The van der Waals surface area contributed by atoms with Crippen LogP contribution in [0.3, 0.4) is 0 Å². The third-order valence-electron chi connectivity index (χ3n) is 2.81. The quantitative estimate of drug-likeness (QED) is 0.496. The van der Waals surface area contributed by atoms with Crippen molar-refractivity contribution in [2.24, 2.45) is 0 Å². The predicted molar refractivity (Wildman–Crippen MR) is 50.1 cm³/mol. The lowest BCUT2D eigenvalue weighted by Gasteiger charge is -2.38. The van der Waals surface area contributed by atoms with E-state index in [-0.39, 0.29) is 12.2 Å². The number of ether oxygens (including phenoxy) is 2. The van der Waals surface area contributed by atoms with Gasteiger partial charge in [-0.3, -0.25) is 9.59 Å². The zero-order chi connectivity index (χ0) is 10.6. The monoisotopic (exact) mass is 200 g/mol. The fraction of sp³-hybridized carbons (Fsp3) is 0.800. The number of Topliss-reactive ketones (excluding diaryl/α,β-unsaturated/α-hetero) is 1. The standard InChI is InChI=1S/C10H16O4/c1-3-10(4-2)7-13-9(6-14-10)8(12)5-11/h5,9H,3-4,6-7H2,1-2H3. The van der Waals surface area contributed by atoms with Crippen LogP contribution in [0.1, 0.15) is 26.7 Å². The molecule has 1 aliphatic rings. The summed E-state index contributed by atoms with van der Waals surface area (Å²) in [7, 11) is 0. The van der Waals surface area contributed by atoms with E-state index in [2.05, 4.69) is 0 Å². The molecule has 4 nitrogen and oxygen atoms in total. The van der Waals surface area contributed by atoms with Gasteiger partial charge in [-0.2, -0.15) is 0 Å². The summed E-state index contributed by atoms with van der Waals surface area (Å²) in [6.45, 7) is 4.63. The van der Waals surface area contributed by atoms with Crippen LogP contribution in [0.5, 0.6) is 0 Å². The summed E-state index contributed by atoms with van der Waals surface area (Å²) in [5.41, 5.74) is -0.264. The van der Waals surface area contributed by atoms with Crippen molar-refractivity contribution in [2.45, 2.75) is 38.4 Å². The molecule has 0 amide bonds. The van der Waals surface area contributed by atoms with E-state index in [4.69, 9.17) is 9.47 Å². The largest absolute Gasteiger partial charge is 0.369 e. The number of ketones is 1. The van der Waals surface area contributed by atoms with Gasteiger partial charge in [-0.15, -0.1) is 0 Å². The van der Waals surface area contributed by atoms with Crippen LogP contribution in [0.15, 0.2) is 0 Å². The van der Waals surface area contributed by atoms with Gasteiger partial charge < -0.3 is 9.47 Å². The van der Waals surface area contributed by atoms with Gasteiger partial charge in [-0.25, -0.2) is 0 Å². The molecular weight excluding hydrogens is 184 g/mol. The molecule has 1 saturated heterocycles. The third kappa shape index (κ3) is 2.19. The lowest BCUT2D eigenvalue weighted by molar-refractivity contribution is -0.194. The summed E-state index contributed by atoms with van der Waals surface area (Å²) in [6, 6.07) is 0. The van der Waals surface area contributed by atoms with Crippen molar-refractivity contribution in [1.82, 2.24) is 0 Å². The highest BCUT2D eigenvalue weighted by Gasteiger charge is 2.36. The molecule has 1 atom stereocenters. The van der Waals surface area contributed by atoms with E-state index < -0.39 is 11.9 Å². The van der Waals surface area contributed by atoms with Crippen LogP contribution in [-0.2, 0) is 19.1 Å². The molecular formula is C10H16O4. The number of aldehydes is 1.